The zero-order chi connectivity index (χ0) is 23.0. The van der Waals surface area contributed by atoms with E-state index in [9.17, 15) is 18.4 Å². The number of rotatable bonds is 11. The Hall–Kier alpha value is -3.15. The molecule has 0 aliphatic carbocycles. The third-order valence-electron chi connectivity index (χ3n) is 4.46. The minimum absolute atomic E-state index is 0.194. The van der Waals surface area contributed by atoms with Gasteiger partial charge in [0.15, 0.2) is 12.4 Å². The summed E-state index contributed by atoms with van der Waals surface area (Å²) >= 11 is 5.79. The van der Waals surface area contributed by atoms with Crippen LogP contribution >= 0.6 is 11.6 Å². The summed E-state index contributed by atoms with van der Waals surface area (Å²) in [4.78, 5) is 23.3. The summed E-state index contributed by atoms with van der Waals surface area (Å²) in [6, 6.07) is 6.90. The first-order valence-electron chi connectivity index (χ1n) is 9.60. The minimum Gasteiger partial charge on any atom is -0.439 e. The number of pyridine rings is 2. The van der Waals surface area contributed by atoms with E-state index >= 15 is 0 Å². The quantitative estimate of drug-likeness (QED) is 0.192. The van der Waals surface area contributed by atoms with Crippen LogP contribution < -0.4 is 8.71 Å². The number of hydrogen-bond acceptors (Lipinski definition) is 8. The number of halogens is 1. The topological polar surface area (TPSA) is 126 Å². The van der Waals surface area contributed by atoms with Crippen molar-refractivity contribution in [3.05, 3.63) is 72.2 Å². The number of carbonyl (C=O) groups excluding carboxylic acids is 1. The molecule has 1 amide bonds. The van der Waals surface area contributed by atoms with Crippen molar-refractivity contribution < 1.29 is 27.1 Å². The lowest BCUT2D eigenvalue weighted by Gasteiger charge is -2.20. The maximum absolute atomic E-state index is 12.8. The van der Waals surface area contributed by atoms with Crippen molar-refractivity contribution in [2.24, 2.45) is 0 Å². The van der Waals surface area contributed by atoms with E-state index in [2.05, 4.69) is 15.0 Å². The van der Waals surface area contributed by atoms with Gasteiger partial charge in [0.05, 0.1) is 11.1 Å². The molecule has 10 nitrogen and oxygen atoms in total. The van der Waals surface area contributed by atoms with Crippen LogP contribution in [0.1, 0.15) is 18.7 Å². The van der Waals surface area contributed by atoms with Crippen molar-refractivity contribution in [3.63, 3.8) is 0 Å². The monoisotopic (exact) mass is 478 g/mol. The molecule has 1 N–H and O–H groups in total. The molecule has 12 heteroatoms. The fourth-order valence-corrected chi connectivity index (χ4v) is 4.44. The minimum atomic E-state index is -3.87. The molecule has 3 rings (SSSR count). The van der Waals surface area contributed by atoms with Crippen LogP contribution in [0.25, 0.3) is 0 Å². The molecule has 0 aliphatic heterocycles. The van der Waals surface area contributed by atoms with Gasteiger partial charge >= 0.3 is 10.0 Å². The molecule has 0 bridgehead atoms. The van der Waals surface area contributed by atoms with Gasteiger partial charge in [-0.15, -0.1) is 0 Å². The van der Waals surface area contributed by atoms with Crippen LogP contribution in [0.5, 0.6) is 11.6 Å². The molecule has 1 atom stereocenters. The summed E-state index contributed by atoms with van der Waals surface area (Å²) in [5.41, 5.74) is 0. The largest absolute Gasteiger partial charge is 0.439 e. The molecule has 0 aromatic carbocycles. The van der Waals surface area contributed by atoms with E-state index in [-0.39, 0.29) is 12.8 Å². The first kappa shape index (κ1) is 23.5. The first-order chi connectivity index (χ1) is 15.4. The molecule has 3 heterocycles. The van der Waals surface area contributed by atoms with Crippen molar-refractivity contribution in [2.75, 3.05) is 5.75 Å². The maximum Gasteiger partial charge on any atom is 0.371 e. The average molecular weight is 479 g/mol. The lowest BCUT2D eigenvalue weighted by atomic mass is 10.1. The average Bonchev–Trinajstić information content (AvgIpc) is 2.80. The molecule has 0 saturated heterocycles. The number of ether oxygens (including phenoxy) is 1. The number of hydroxylamine groups is 2. The van der Waals surface area contributed by atoms with Crippen LogP contribution in [-0.2, 0) is 21.2 Å². The predicted octanol–water partition coefficient (Wildman–Crippen LogP) is 2.02. The molecule has 0 fully saturated rings. The standard InChI is InChI=1S/C20H21ClN5O5S/c21-16-5-6-20(24-13-16)31-18-7-11-25(12-8-18)32(29,30)14-17(26(28)15-27)3-1-4-19-22-9-2-10-23-19/h2,5-13,15,17,28H,1,3-4,14H2/q+1. The normalized spacial score (nSPS) is 12.2. The van der Waals surface area contributed by atoms with Crippen molar-refractivity contribution in [1.82, 2.24) is 20.0 Å². The van der Waals surface area contributed by atoms with E-state index in [4.69, 9.17) is 16.3 Å². The zero-order valence-corrected chi connectivity index (χ0v) is 18.4. The van der Waals surface area contributed by atoms with E-state index in [0.29, 0.717) is 40.4 Å². The molecule has 0 spiro atoms. The van der Waals surface area contributed by atoms with Crippen molar-refractivity contribution in [1.29, 1.82) is 0 Å². The summed E-state index contributed by atoms with van der Waals surface area (Å²) in [5.74, 6) is 0.813. The Bertz CT molecular complexity index is 1120. The highest BCUT2D eigenvalue weighted by atomic mass is 35.5. The molecule has 0 radical (unpaired) electrons. The summed E-state index contributed by atoms with van der Waals surface area (Å²) in [5, 5.41) is 10.7. The van der Waals surface area contributed by atoms with Crippen molar-refractivity contribution in [2.45, 2.75) is 25.3 Å². The first-order valence-corrected chi connectivity index (χ1v) is 11.6. The highest BCUT2D eigenvalue weighted by Gasteiger charge is 2.30. The second-order valence-corrected chi connectivity index (χ2v) is 9.11. The van der Waals surface area contributed by atoms with E-state index in [1.54, 1.807) is 30.6 Å². The second-order valence-electron chi connectivity index (χ2n) is 6.76. The Morgan fingerprint density at radius 2 is 1.88 bits per heavy atom. The zero-order valence-electron chi connectivity index (χ0n) is 16.9. The molecule has 0 saturated carbocycles. The summed E-state index contributed by atoms with van der Waals surface area (Å²) in [6.07, 6.45) is 8.71. The summed E-state index contributed by atoms with van der Waals surface area (Å²) < 4.78 is 32.2. The number of amides is 1. The lowest BCUT2D eigenvalue weighted by molar-refractivity contribution is -0.511. The van der Waals surface area contributed by atoms with Gasteiger partial charge in [0.25, 0.3) is 0 Å². The fourth-order valence-electron chi connectivity index (χ4n) is 2.86. The number of aryl methyl sites for hydroxylation is 1. The van der Waals surface area contributed by atoms with Crippen LogP contribution in [0.3, 0.4) is 0 Å². The van der Waals surface area contributed by atoms with Crippen LogP contribution in [0.2, 0.25) is 5.02 Å². The Morgan fingerprint density at radius 1 is 1.16 bits per heavy atom. The molecule has 0 aliphatic rings. The van der Waals surface area contributed by atoms with Gasteiger partial charge in [0, 0.05) is 43.2 Å². The van der Waals surface area contributed by atoms with Gasteiger partial charge in [0.2, 0.25) is 12.3 Å². The van der Waals surface area contributed by atoms with Crippen molar-refractivity contribution in [3.8, 4) is 11.6 Å². The Kier molecular flexibility index (Phi) is 8.03. The fraction of sp³-hybridized carbons (Fsp3) is 0.250. The summed E-state index contributed by atoms with van der Waals surface area (Å²) in [7, 11) is -3.87. The molecule has 1 unspecified atom stereocenters. The molecule has 3 aromatic rings. The lowest BCUT2D eigenvalue weighted by Crippen LogP contribution is -2.49. The highest BCUT2D eigenvalue weighted by Crippen LogP contribution is 2.19. The summed E-state index contributed by atoms with van der Waals surface area (Å²) in [6.45, 7) is 0. The number of nitrogens with zero attached hydrogens (tertiary/aromatic N) is 5. The van der Waals surface area contributed by atoms with Gasteiger partial charge in [0.1, 0.15) is 17.3 Å². The van der Waals surface area contributed by atoms with Gasteiger partial charge in [-0.1, -0.05) is 15.6 Å². The van der Waals surface area contributed by atoms with E-state index < -0.39 is 21.8 Å². The maximum atomic E-state index is 12.8. The highest BCUT2D eigenvalue weighted by molar-refractivity contribution is 7.84. The molecular formula is C20H21ClN5O5S+. The van der Waals surface area contributed by atoms with Gasteiger partial charge in [-0.25, -0.2) is 20.0 Å². The molecule has 3 aromatic heterocycles. The number of carbonyl (C=O) groups is 1. The Labute approximate surface area is 190 Å². The molecule has 32 heavy (non-hydrogen) atoms. The van der Waals surface area contributed by atoms with E-state index in [1.807, 2.05) is 0 Å². The third-order valence-corrected chi connectivity index (χ3v) is 6.37. The van der Waals surface area contributed by atoms with Gasteiger partial charge < -0.3 is 4.74 Å². The molecule has 168 valence electrons. The van der Waals surface area contributed by atoms with Crippen LogP contribution in [0, 0.1) is 0 Å². The van der Waals surface area contributed by atoms with Gasteiger partial charge in [-0.2, -0.15) is 8.42 Å². The predicted molar refractivity (Wildman–Crippen MR) is 114 cm³/mol. The SMILES string of the molecule is O=CN(O)C(CCCc1ncccn1)CS(=O)(=O)[n+]1ccc(Oc2ccc(Cl)cn2)cc1. The van der Waals surface area contributed by atoms with Crippen molar-refractivity contribution >= 4 is 28.0 Å². The van der Waals surface area contributed by atoms with Gasteiger partial charge in [-0.3, -0.25) is 10.0 Å². The third kappa shape index (κ3) is 6.67. The Morgan fingerprint density at radius 3 is 2.50 bits per heavy atom. The Balaban J connectivity index is 1.64. The van der Waals surface area contributed by atoms with Gasteiger partial charge in [-0.05, 0) is 25.0 Å². The number of hydrogen-bond donors (Lipinski definition) is 1. The number of aromatic nitrogens is 4. The second kappa shape index (κ2) is 10.9. The van der Waals surface area contributed by atoms with Crippen LogP contribution in [0.15, 0.2) is 61.3 Å². The molecular weight excluding hydrogens is 458 g/mol. The van der Waals surface area contributed by atoms with E-state index in [0.717, 1.165) is 3.97 Å². The van der Waals surface area contributed by atoms with Crippen LogP contribution in [0.4, 0.5) is 0 Å². The smallest absolute Gasteiger partial charge is 0.371 e. The van der Waals surface area contributed by atoms with E-state index in [1.165, 1.54) is 30.7 Å². The van der Waals surface area contributed by atoms with Crippen LogP contribution in [-0.4, -0.2) is 51.8 Å².